The van der Waals surface area contributed by atoms with E-state index in [1.165, 1.54) is 29.5 Å². The summed E-state index contributed by atoms with van der Waals surface area (Å²) in [4.78, 5) is 0. The van der Waals surface area contributed by atoms with Gasteiger partial charge in [-0.3, -0.25) is 0 Å². The highest BCUT2D eigenvalue weighted by molar-refractivity contribution is 9.10. The van der Waals surface area contributed by atoms with Crippen LogP contribution in [0, 0.1) is 20.8 Å². The third-order valence-corrected chi connectivity index (χ3v) is 4.98. The zero-order chi connectivity index (χ0) is 12.6. The van der Waals surface area contributed by atoms with Crippen LogP contribution < -0.4 is 5.32 Å². The molecule has 2 rings (SSSR count). The Bertz CT molecular complexity index is 407. The van der Waals surface area contributed by atoms with Crippen molar-refractivity contribution in [1.82, 2.24) is 5.32 Å². The lowest BCUT2D eigenvalue weighted by Gasteiger charge is -2.28. The van der Waals surface area contributed by atoms with E-state index >= 15 is 0 Å². The summed E-state index contributed by atoms with van der Waals surface area (Å²) in [6, 6.07) is 0. The van der Waals surface area contributed by atoms with Gasteiger partial charge in [0.05, 0.1) is 4.47 Å². The number of benzene rings is 1. The first-order valence-electron chi connectivity index (χ1n) is 6.22. The van der Waals surface area contributed by atoms with Crippen molar-refractivity contribution in [3.8, 4) is 5.75 Å². The number of phenols is 1. The van der Waals surface area contributed by atoms with Crippen LogP contribution in [0.25, 0.3) is 0 Å². The molecule has 0 unspecified atom stereocenters. The highest BCUT2D eigenvalue weighted by Crippen LogP contribution is 2.41. The smallest absolute Gasteiger partial charge is 0.133 e. The van der Waals surface area contributed by atoms with Gasteiger partial charge in [-0.2, -0.15) is 0 Å². The van der Waals surface area contributed by atoms with E-state index in [4.69, 9.17) is 0 Å². The molecular weight excluding hydrogens is 278 g/mol. The van der Waals surface area contributed by atoms with Crippen LogP contribution in [0.5, 0.6) is 5.75 Å². The zero-order valence-corrected chi connectivity index (χ0v) is 12.3. The standard InChI is InChI=1S/C14H20BrNO/c1-8-9(2)14(17)13(15)10(3)12(8)11-4-6-16-7-5-11/h11,16-17H,4-7H2,1-3H3. The number of nitrogens with one attached hydrogen (secondary N) is 1. The molecule has 17 heavy (non-hydrogen) atoms. The van der Waals surface area contributed by atoms with Crippen LogP contribution in [-0.4, -0.2) is 18.2 Å². The molecule has 1 fully saturated rings. The number of aromatic hydroxyl groups is 1. The second-order valence-electron chi connectivity index (χ2n) is 4.98. The molecule has 2 nitrogen and oxygen atoms in total. The average Bonchev–Trinajstić information content (AvgIpc) is 2.36. The maximum Gasteiger partial charge on any atom is 0.133 e. The number of phenolic OH excluding ortho intramolecular Hbond substituents is 1. The van der Waals surface area contributed by atoms with Crippen molar-refractivity contribution in [3.05, 3.63) is 26.7 Å². The van der Waals surface area contributed by atoms with Crippen molar-refractivity contribution in [2.75, 3.05) is 13.1 Å². The Labute approximate surface area is 112 Å². The Balaban J connectivity index is 2.52. The normalized spacial score (nSPS) is 17.4. The highest BCUT2D eigenvalue weighted by atomic mass is 79.9. The molecule has 1 aliphatic heterocycles. The Morgan fingerprint density at radius 3 is 2.24 bits per heavy atom. The average molecular weight is 298 g/mol. The molecule has 1 aromatic rings. The van der Waals surface area contributed by atoms with E-state index in [2.05, 4.69) is 35.1 Å². The summed E-state index contributed by atoms with van der Waals surface area (Å²) in [5.41, 5.74) is 4.91. The number of hydrogen-bond donors (Lipinski definition) is 2. The first kappa shape index (κ1) is 12.9. The topological polar surface area (TPSA) is 32.3 Å². The van der Waals surface area contributed by atoms with E-state index in [9.17, 15) is 5.11 Å². The zero-order valence-electron chi connectivity index (χ0n) is 10.7. The molecule has 0 bridgehead atoms. The minimum absolute atomic E-state index is 0.401. The van der Waals surface area contributed by atoms with Gasteiger partial charge in [-0.25, -0.2) is 0 Å². The molecule has 0 radical (unpaired) electrons. The molecule has 1 aliphatic rings. The molecule has 0 aromatic heterocycles. The van der Waals surface area contributed by atoms with E-state index in [-0.39, 0.29) is 0 Å². The van der Waals surface area contributed by atoms with E-state index in [1.807, 2.05) is 6.92 Å². The second-order valence-corrected chi connectivity index (χ2v) is 5.77. The van der Waals surface area contributed by atoms with Gasteiger partial charge in [0.2, 0.25) is 0 Å². The quantitative estimate of drug-likeness (QED) is 0.831. The third-order valence-electron chi connectivity index (χ3n) is 4.01. The lowest BCUT2D eigenvalue weighted by atomic mass is 9.83. The molecule has 0 aliphatic carbocycles. The van der Waals surface area contributed by atoms with Crippen LogP contribution in [0.4, 0.5) is 0 Å². The largest absolute Gasteiger partial charge is 0.506 e. The van der Waals surface area contributed by atoms with E-state index in [1.54, 1.807) is 0 Å². The summed E-state index contributed by atoms with van der Waals surface area (Å²) in [5.74, 6) is 1.03. The van der Waals surface area contributed by atoms with Crippen LogP contribution in [0.1, 0.15) is 41.0 Å². The van der Waals surface area contributed by atoms with Crippen molar-refractivity contribution in [1.29, 1.82) is 0 Å². The van der Waals surface area contributed by atoms with Gasteiger partial charge in [-0.15, -0.1) is 0 Å². The van der Waals surface area contributed by atoms with Crippen molar-refractivity contribution >= 4 is 15.9 Å². The van der Waals surface area contributed by atoms with Crippen LogP contribution in [0.2, 0.25) is 0 Å². The van der Waals surface area contributed by atoms with Crippen molar-refractivity contribution in [3.63, 3.8) is 0 Å². The lowest BCUT2D eigenvalue weighted by Crippen LogP contribution is -2.27. The van der Waals surface area contributed by atoms with Gasteiger partial charge in [-0.1, -0.05) is 0 Å². The van der Waals surface area contributed by atoms with E-state index in [0.717, 1.165) is 23.1 Å². The van der Waals surface area contributed by atoms with Gasteiger partial charge >= 0.3 is 0 Å². The summed E-state index contributed by atoms with van der Waals surface area (Å²) in [6.45, 7) is 8.43. The van der Waals surface area contributed by atoms with Gasteiger partial charge in [0.15, 0.2) is 0 Å². The maximum atomic E-state index is 10.0. The highest BCUT2D eigenvalue weighted by Gasteiger charge is 2.23. The van der Waals surface area contributed by atoms with E-state index < -0.39 is 0 Å². The molecule has 0 atom stereocenters. The van der Waals surface area contributed by atoms with Gasteiger partial charge in [0, 0.05) is 0 Å². The summed E-state index contributed by atoms with van der Waals surface area (Å²) in [5, 5.41) is 13.4. The summed E-state index contributed by atoms with van der Waals surface area (Å²) >= 11 is 3.52. The molecule has 1 aromatic carbocycles. The SMILES string of the molecule is Cc1c(C)c(C2CCNCC2)c(C)c(Br)c1O. The molecule has 94 valence electrons. The molecule has 0 spiro atoms. The van der Waals surface area contributed by atoms with Crippen LogP contribution in [-0.2, 0) is 0 Å². The van der Waals surface area contributed by atoms with Crippen LogP contribution in [0.3, 0.4) is 0 Å². The number of rotatable bonds is 1. The molecule has 0 amide bonds. The Morgan fingerprint density at radius 2 is 1.65 bits per heavy atom. The molecule has 1 heterocycles. The minimum Gasteiger partial charge on any atom is -0.506 e. The molecule has 1 saturated heterocycles. The Kier molecular flexibility index (Phi) is 3.79. The van der Waals surface area contributed by atoms with Crippen LogP contribution in [0.15, 0.2) is 4.47 Å². The molecule has 0 saturated carbocycles. The minimum atomic E-state index is 0.401. The number of hydrogen-bond acceptors (Lipinski definition) is 2. The van der Waals surface area contributed by atoms with Crippen molar-refractivity contribution < 1.29 is 5.11 Å². The first-order chi connectivity index (χ1) is 8.04. The molecule has 2 N–H and O–H groups in total. The predicted molar refractivity (Wildman–Crippen MR) is 74.9 cm³/mol. The Hall–Kier alpha value is -0.540. The number of halogens is 1. The van der Waals surface area contributed by atoms with Gasteiger partial charge in [0.1, 0.15) is 5.75 Å². The summed E-state index contributed by atoms with van der Waals surface area (Å²) in [6.07, 6.45) is 2.39. The fourth-order valence-corrected chi connectivity index (χ4v) is 3.36. The maximum absolute atomic E-state index is 10.0. The summed E-state index contributed by atoms with van der Waals surface area (Å²) in [7, 11) is 0. The fraction of sp³-hybridized carbons (Fsp3) is 0.571. The summed E-state index contributed by atoms with van der Waals surface area (Å²) < 4.78 is 0.870. The predicted octanol–water partition coefficient (Wildman–Crippen LogP) is 3.55. The number of piperidine rings is 1. The van der Waals surface area contributed by atoms with Gasteiger partial charge < -0.3 is 10.4 Å². The van der Waals surface area contributed by atoms with E-state index in [0.29, 0.717) is 11.7 Å². The Morgan fingerprint density at radius 1 is 1.06 bits per heavy atom. The van der Waals surface area contributed by atoms with Gasteiger partial charge in [0.25, 0.3) is 0 Å². The second kappa shape index (κ2) is 4.99. The molecule has 3 heteroatoms. The third kappa shape index (κ3) is 2.23. The van der Waals surface area contributed by atoms with Crippen molar-refractivity contribution in [2.24, 2.45) is 0 Å². The lowest BCUT2D eigenvalue weighted by molar-refractivity contribution is 0.450. The fourth-order valence-electron chi connectivity index (χ4n) is 2.84. The van der Waals surface area contributed by atoms with Gasteiger partial charge in [-0.05, 0) is 90.8 Å². The monoisotopic (exact) mass is 297 g/mol. The van der Waals surface area contributed by atoms with Crippen LogP contribution >= 0.6 is 15.9 Å². The molecular formula is C14H20BrNO. The first-order valence-corrected chi connectivity index (χ1v) is 7.02. The van der Waals surface area contributed by atoms with Crippen molar-refractivity contribution in [2.45, 2.75) is 39.5 Å².